The van der Waals surface area contributed by atoms with E-state index < -0.39 is 10.0 Å². The van der Waals surface area contributed by atoms with Crippen LogP contribution in [0.15, 0.2) is 78.1 Å². The molecule has 1 aromatic carbocycles. The van der Waals surface area contributed by atoms with Crippen LogP contribution in [-0.2, 0) is 16.4 Å². The number of allylic oxidation sites excluding steroid dienone is 5. The lowest BCUT2D eigenvalue weighted by molar-refractivity contribution is 0.403. The maximum Gasteiger partial charge on any atom is 0.265 e. The fourth-order valence-corrected chi connectivity index (χ4v) is 4.83. The maximum atomic E-state index is 13.1. The lowest BCUT2D eigenvalue weighted by Gasteiger charge is -2.13. The number of hydrogen-bond donors (Lipinski definition) is 1. The molecule has 0 amide bonds. The quantitative estimate of drug-likeness (QED) is 0.316. The van der Waals surface area contributed by atoms with Gasteiger partial charge in [0.1, 0.15) is 17.0 Å². The van der Waals surface area contributed by atoms with Gasteiger partial charge in [-0.3, -0.25) is 9.71 Å². The van der Waals surface area contributed by atoms with Crippen LogP contribution in [0.25, 0.3) is 5.57 Å². The fourth-order valence-electron chi connectivity index (χ4n) is 3.55. The van der Waals surface area contributed by atoms with E-state index in [0.29, 0.717) is 34.6 Å². The van der Waals surface area contributed by atoms with Crippen LogP contribution in [0.4, 0.5) is 5.69 Å². The number of aryl methyl sites for hydroxylation is 2. The number of sulfonamides is 1. The van der Waals surface area contributed by atoms with Crippen LogP contribution in [-0.4, -0.2) is 30.5 Å². The first kappa shape index (κ1) is 27.4. The summed E-state index contributed by atoms with van der Waals surface area (Å²) >= 11 is 0. The molecular weight excluding hydrogens is 484 g/mol. The van der Waals surface area contributed by atoms with Gasteiger partial charge in [-0.25, -0.2) is 18.4 Å². The molecule has 37 heavy (non-hydrogen) atoms. The van der Waals surface area contributed by atoms with Crippen molar-refractivity contribution in [3.8, 4) is 17.6 Å². The van der Waals surface area contributed by atoms with Crippen LogP contribution in [0.3, 0.4) is 0 Å². The Labute approximate surface area is 219 Å². The zero-order chi connectivity index (χ0) is 27.0. The van der Waals surface area contributed by atoms with Gasteiger partial charge >= 0.3 is 0 Å². The monoisotopic (exact) mass is 514 g/mol. The number of rotatable bonds is 8. The number of aromatic nitrogens is 3. The van der Waals surface area contributed by atoms with E-state index in [2.05, 4.69) is 38.1 Å². The third-order valence-electron chi connectivity index (χ3n) is 5.30. The molecule has 0 radical (unpaired) electrons. The summed E-state index contributed by atoms with van der Waals surface area (Å²) in [5.41, 5.74) is 5.59. The highest BCUT2D eigenvalue weighted by Gasteiger charge is 2.20. The molecule has 0 bridgehead atoms. The molecule has 2 aromatic heterocycles. The minimum absolute atomic E-state index is 0.0351. The molecule has 2 heterocycles. The summed E-state index contributed by atoms with van der Waals surface area (Å²) in [5.74, 6) is 6.57. The molecular formula is C29H30N4O3S. The van der Waals surface area contributed by atoms with E-state index in [4.69, 9.17) is 4.74 Å². The minimum Gasteiger partial charge on any atom is -0.495 e. The standard InChI is InChI=1S/C29H30N4O3S/c1-7-11-23(16-20(3)4)29-24(25(8-2)31-19-32-29)15-14-22-17-26(21(5)30-18-22)33-37(34,35)28-13-10-9-12-27(28)36-6/h7,9-13,16-19,33H,1,8H2,2-6H3. The number of pyridine rings is 1. The average molecular weight is 515 g/mol. The Kier molecular flexibility index (Phi) is 8.99. The Morgan fingerprint density at radius 3 is 2.59 bits per heavy atom. The van der Waals surface area contributed by atoms with E-state index in [1.807, 2.05) is 32.9 Å². The highest BCUT2D eigenvalue weighted by atomic mass is 32.2. The van der Waals surface area contributed by atoms with Gasteiger partial charge in [-0.2, -0.15) is 0 Å². The molecule has 0 aliphatic rings. The highest BCUT2D eigenvalue weighted by molar-refractivity contribution is 7.92. The molecule has 8 heteroatoms. The zero-order valence-corrected chi connectivity index (χ0v) is 22.5. The predicted molar refractivity (Wildman–Crippen MR) is 148 cm³/mol. The van der Waals surface area contributed by atoms with E-state index in [0.717, 1.165) is 16.8 Å². The molecule has 0 spiro atoms. The van der Waals surface area contributed by atoms with E-state index in [-0.39, 0.29) is 10.6 Å². The third kappa shape index (κ3) is 6.72. The van der Waals surface area contributed by atoms with Gasteiger partial charge in [-0.1, -0.05) is 61.3 Å². The first-order chi connectivity index (χ1) is 17.7. The summed E-state index contributed by atoms with van der Waals surface area (Å²) in [5, 5.41) is 0. The molecule has 0 saturated heterocycles. The summed E-state index contributed by atoms with van der Waals surface area (Å²) in [6.07, 6.45) is 9.43. The second-order valence-corrected chi connectivity index (χ2v) is 9.99. The number of anilines is 1. The van der Waals surface area contributed by atoms with Gasteiger partial charge in [0.25, 0.3) is 10.0 Å². The van der Waals surface area contributed by atoms with E-state index >= 15 is 0 Å². The van der Waals surface area contributed by atoms with Gasteiger partial charge in [-0.05, 0) is 45.4 Å². The lowest BCUT2D eigenvalue weighted by atomic mass is 10.0. The van der Waals surface area contributed by atoms with Crippen molar-refractivity contribution in [2.45, 2.75) is 39.0 Å². The first-order valence-electron chi connectivity index (χ1n) is 11.7. The number of nitrogens with zero attached hydrogens (tertiary/aromatic N) is 3. The summed E-state index contributed by atoms with van der Waals surface area (Å²) in [7, 11) is -2.49. The Bertz CT molecular complexity index is 1540. The molecule has 190 valence electrons. The zero-order valence-electron chi connectivity index (χ0n) is 21.7. The molecule has 0 unspecified atom stereocenters. The summed E-state index contributed by atoms with van der Waals surface area (Å²) in [6.45, 7) is 11.6. The van der Waals surface area contributed by atoms with Crippen molar-refractivity contribution in [2.75, 3.05) is 11.8 Å². The lowest BCUT2D eigenvalue weighted by Crippen LogP contribution is -2.15. The van der Waals surface area contributed by atoms with E-state index in [9.17, 15) is 8.42 Å². The molecule has 0 atom stereocenters. The molecule has 0 fully saturated rings. The van der Waals surface area contributed by atoms with Gasteiger partial charge in [-0.15, -0.1) is 0 Å². The summed E-state index contributed by atoms with van der Waals surface area (Å²) < 4.78 is 34.0. The normalized spacial score (nSPS) is 11.2. The van der Waals surface area contributed by atoms with Crippen molar-refractivity contribution in [3.63, 3.8) is 0 Å². The van der Waals surface area contributed by atoms with E-state index in [1.54, 1.807) is 43.5 Å². The Morgan fingerprint density at radius 1 is 1.16 bits per heavy atom. The van der Waals surface area contributed by atoms with Crippen molar-refractivity contribution in [3.05, 3.63) is 101 Å². The number of ether oxygens (including phenoxy) is 1. The summed E-state index contributed by atoms with van der Waals surface area (Å²) in [4.78, 5) is 13.3. The SMILES string of the molecule is C=CC=C(C=C(C)C)c1ncnc(CC)c1C#Cc1cnc(C)c(NS(=O)(=O)c2ccccc2OC)c1. The topological polar surface area (TPSA) is 94.1 Å². The summed E-state index contributed by atoms with van der Waals surface area (Å²) in [6, 6.07) is 8.09. The van der Waals surface area contributed by atoms with Crippen molar-refractivity contribution in [2.24, 2.45) is 0 Å². The van der Waals surface area contributed by atoms with Gasteiger partial charge in [0, 0.05) is 17.3 Å². The van der Waals surface area contributed by atoms with Crippen molar-refractivity contribution in [1.82, 2.24) is 15.0 Å². The van der Waals surface area contributed by atoms with Crippen molar-refractivity contribution in [1.29, 1.82) is 0 Å². The molecule has 0 aliphatic heterocycles. The van der Waals surface area contributed by atoms with Crippen LogP contribution < -0.4 is 9.46 Å². The van der Waals surface area contributed by atoms with Crippen molar-refractivity contribution >= 4 is 21.3 Å². The molecule has 3 aromatic rings. The number of methoxy groups -OCH3 is 1. The van der Waals surface area contributed by atoms with Crippen molar-refractivity contribution < 1.29 is 13.2 Å². The highest BCUT2D eigenvalue weighted by Crippen LogP contribution is 2.26. The number of hydrogen-bond acceptors (Lipinski definition) is 6. The Morgan fingerprint density at radius 2 is 1.92 bits per heavy atom. The number of nitrogens with one attached hydrogen (secondary N) is 1. The van der Waals surface area contributed by atoms with Crippen LogP contribution in [0.2, 0.25) is 0 Å². The number of para-hydroxylation sites is 1. The molecule has 3 rings (SSSR count). The molecule has 0 aliphatic carbocycles. The number of benzene rings is 1. The second-order valence-electron chi connectivity index (χ2n) is 8.34. The van der Waals surface area contributed by atoms with Gasteiger partial charge in [0.05, 0.1) is 35.4 Å². The van der Waals surface area contributed by atoms with Crippen LogP contribution in [0, 0.1) is 18.8 Å². The van der Waals surface area contributed by atoms with Crippen LogP contribution >= 0.6 is 0 Å². The predicted octanol–water partition coefficient (Wildman–Crippen LogP) is 5.49. The Hall–Kier alpha value is -4.22. The average Bonchev–Trinajstić information content (AvgIpc) is 2.88. The van der Waals surface area contributed by atoms with Gasteiger partial charge in [0.2, 0.25) is 0 Å². The fraction of sp³-hybridized carbons (Fsp3) is 0.207. The van der Waals surface area contributed by atoms with E-state index in [1.165, 1.54) is 19.5 Å². The largest absolute Gasteiger partial charge is 0.495 e. The third-order valence-corrected chi connectivity index (χ3v) is 6.70. The molecule has 0 saturated carbocycles. The molecule has 7 nitrogen and oxygen atoms in total. The Balaban J connectivity index is 2.06. The second kappa shape index (κ2) is 12.2. The van der Waals surface area contributed by atoms with Crippen LogP contribution in [0.1, 0.15) is 49.0 Å². The van der Waals surface area contributed by atoms with Gasteiger partial charge in [0.15, 0.2) is 0 Å². The minimum atomic E-state index is -3.92. The van der Waals surface area contributed by atoms with Gasteiger partial charge < -0.3 is 4.74 Å². The van der Waals surface area contributed by atoms with Crippen LogP contribution in [0.5, 0.6) is 5.75 Å². The smallest absolute Gasteiger partial charge is 0.265 e. The molecule has 1 N–H and O–H groups in total. The first-order valence-corrected chi connectivity index (χ1v) is 13.1. The maximum absolute atomic E-state index is 13.1.